The molecule has 5 nitrogen and oxygen atoms in total. The molecule has 0 unspecified atom stereocenters. The number of fused-ring (bicyclic) bond motifs is 2. The van der Waals surface area contributed by atoms with E-state index in [0.29, 0.717) is 5.89 Å². The van der Waals surface area contributed by atoms with Gasteiger partial charge in [0.05, 0.1) is 6.10 Å². The molecular formula is C23H19NO4. The van der Waals surface area contributed by atoms with Crippen LogP contribution in [0.15, 0.2) is 65.1 Å². The number of hydrogen-bond acceptors (Lipinski definition) is 5. The van der Waals surface area contributed by atoms with Gasteiger partial charge in [0.15, 0.2) is 17.1 Å². The van der Waals surface area contributed by atoms with E-state index < -0.39 is 0 Å². The maximum absolute atomic E-state index is 6.02. The molecule has 1 aliphatic heterocycles. The molecular weight excluding hydrogens is 354 g/mol. The van der Waals surface area contributed by atoms with Crippen LogP contribution >= 0.6 is 0 Å². The van der Waals surface area contributed by atoms with Crippen molar-refractivity contribution in [3.05, 3.63) is 60.7 Å². The van der Waals surface area contributed by atoms with E-state index in [-0.39, 0.29) is 12.9 Å². The van der Waals surface area contributed by atoms with Crippen molar-refractivity contribution in [3.63, 3.8) is 0 Å². The van der Waals surface area contributed by atoms with Crippen molar-refractivity contribution < 1.29 is 18.6 Å². The van der Waals surface area contributed by atoms with Gasteiger partial charge in [0.25, 0.3) is 0 Å². The summed E-state index contributed by atoms with van der Waals surface area (Å²) in [6, 6.07) is 19.7. The number of nitrogens with zero attached hydrogens (tertiary/aromatic N) is 1. The number of rotatable bonds is 4. The lowest BCUT2D eigenvalue weighted by Gasteiger charge is -2.09. The maximum atomic E-state index is 6.02. The van der Waals surface area contributed by atoms with Gasteiger partial charge < -0.3 is 18.6 Å². The molecule has 4 aromatic rings. The van der Waals surface area contributed by atoms with E-state index in [2.05, 4.69) is 4.98 Å². The van der Waals surface area contributed by atoms with Gasteiger partial charge in [-0.3, -0.25) is 0 Å². The van der Waals surface area contributed by atoms with E-state index in [9.17, 15) is 0 Å². The highest BCUT2D eigenvalue weighted by molar-refractivity contribution is 5.82. The van der Waals surface area contributed by atoms with E-state index >= 15 is 0 Å². The molecule has 0 radical (unpaired) electrons. The fourth-order valence-corrected chi connectivity index (χ4v) is 3.25. The van der Waals surface area contributed by atoms with Gasteiger partial charge in [-0.25, -0.2) is 4.98 Å². The lowest BCUT2D eigenvalue weighted by Crippen LogP contribution is -2.05. The predicted octanol–water partition coefficient (Wildman–Crippen LogP) is 5.68. The second kappa shape index (κ2) is 6.60. The van der Waals surface area contributed by atoms with Crippen LogP contribution in [0.1, 0.15) is 13.8 Å². The minimum atomic E-state index is 0.143. The molecule has 0 spiro atoms. The largest absolute Gasteiger partial charge is 0.491 e. The zero-order valence-corrected chi connectivity index (χ0v) is 15.6. The SMILES string of the molecule is CC(C)Oc1ccc(-c2nc3ccc(-c4ccc5c(c4)OCO5)cc3o2)cc1. The van der Waals surface area contributed by atoms with Gasteiger partial charge in [-0.1, -0.05) is 12.1 Å². The number of hydrogen-bond donors (Lipinski definition) is 0. The molecule has 1 aliphatic rings. The van der Waals surface area contributed by atoms with Gasteiger partial charge in [-0.05, 0) is 73.5 Å². The molecule has 3 aromatic carbocycles. The van der Waals surface area contributed by atoms with E-state index in [0.717, 1.165) is 45.0 Å². The first-order valence-corrected chi connectivity index (χ1v) is 9.23. The van der Waals surface area contributed by atoms with Crippen molar-refractivity contribution >= 4 is 11.1 Å². The van der Waals surface area contributed by atoms with Gasteiger partial charge in [0.1, 0.15) is 11.3 Å². The monoisotopic (exact) mass is 373 g/mol. The van der Waals surface area contributed by atoms with E-state index in [4.69, 9.17) is 18.6 Å². The molecule has 0 fully saturated rings. The molecule has 0 bridgehead atoms. The molecule has 0 saturated heterocycles. The highest BCUT2D eigenvalue weighted by Crippen LogP contribution is 2.37. The summed E-state index contributed by atoms with van der Waals surface area (Å²) >= 11 is 0. The molecule has 2 heterocycles. The first-order valence-electron chi connectivity index (χ1n) is 9.23. The first kappa shape index (κ1) is 16.7. The lowest BCUT2D eigenvalue weighted by atomic mass is 10.0. The van der Waals surface area contributed by atoms with E-state index in [1.54, 1.807) is 0 Å². The van der Waals surface area contributed by atoms with Crippen LogP contribution in [0.5, 0.6) is 17.2 Å². The molecule has 0 aliphatic carbocycles. The van der Waals surface area contributed by atoms with E-state index in [1.165, 1.54) is 0 Å². The highest BCUT2D eigenvalue weighted by atomic mass is 16.7. The second-order valence-electron chi connectivity index (χ2n) is 6.96. The predicted molar refractivity (Wildman–Crippen MR) is 107 cm³/mol. The Balaban J connectivity index is 1.47. The summed E-state index contributed by atoms with van der Waals surface area (Å²) in [6.07, 6.45) is 0.143. The Labute approximate surface area is 162 Å². The smallest absolute Gasteiger partial charge is 0.231 e. The Kier molecular flexibility index (Phi) is 3.93. The number of aromatic nitrogens is 1. The average Bonchev–Trinajstić information content (AvgIpc) is 3.33. The van der Waals surface area contributed by atoms with Crippen LogP contribution in [0, 0.1) is 0 Å². The van der Waals surface area contributed by atoms with E-state index in [1.807, 2.05) is 74.5 Å². The van der Waals surface area contributed by atoms with Gasteiger partial charge in [-0.2, -0.15) is 0 Å². The Bertz CT molecular complexity index is 1150. The van der Waals surface area contributed by atoms with Crippen LogP contribution < -0.4 is 14.2 Å². The normalized spacial score (nSPS) is 12.7. The molecule has 5 heteroatoms. The van der Waals surface area contributed by atoms with Gasteiger partial charge in [0.2, 0.25) is 12.7 Å². The maximum Gasteiger partial charge on any atom is 0.231 e. The summed E-state index contributed by atoms with van der Waals surface area (Å²) in [7, 11) is 0. The number of benzene rings is 3. The van der Waals surface area contributed by atoms with Crippen LogP contribution in [0.25, 0.3) is 33.7 Å². The van der Waals surface area contributed by atoms with Crippen molar-refractivity contribution in [1.29, 1.82) is 0 Å². The van der Waals surface area contributed by atoms with Gasteiger partial charge in [0, 0.05) is 5.56 Å². The van der Waals surface area contributed by atoms with Crippen molar-refractivity contribution in [2.24, 2.45) is 0 Å². The van der Waals surface area contributed by atoms with Crippen LogP contribution in [-0.2, 0) is 0 Å². The lowest BCUT2D eigenvalue weighted by molar-refractivity contribution is 0.174. The second-order valence-corrected chi connectivity index (χ2v) is 6.96. The number of ether oxygens (including phenoxy) is 3. The molecule has 0 N–H and O–H groups in total. The zero-order valence-electron chi connectivity index (χ0n) is 15.6. The van der Waals surface area contributed by atoms with Crippen molar-refractivity contribution in [1.82, 2.24) is 4.98 Å². The van der Waals surface area contributed by atoms with Crippen LogP contribution in [-0.4, -0.2) is 17.9 Å². The van der Waals surface area contributed by atoms with Gasteiger partial charge in [-0.15, -0.1) is 0 Å². The summed E-state index contributed by atoms with van der Waals surface area (Å²) in [4.78, 5) is 4.61. The molecule has 140 valence electrons. The first-order chi connectivity index (χ1) is 13.7. The van der Waals surface area contributed by atoms with Crippen LogP contribution in [0.4, 0.5) is 0 Å². The zero-order chi connectivity index (χ0) is 19.1. The Morgan fingerprint density at radius 1 is 0.821 bits per heavy atom. The molecule has 28 heavy (non-hydrogen) atoms. The quantitative estimate of drug-likeness (QED) is 0.461. The van der Waals surface area contributed by atoms with Gasteiger partial charge >= 0.3 is 0 Å². The van der Waals surface area contributed by atoms with Crippen molar-refractivity contribution in [2.45, 2.75) is 20.0 Å². The summed E-state index contributed by atoms with van der Waals surface area (Å²) in [5.74, 6) is 2.96. The number of oxazole rings is 1. The molecule has 5 rings (SSSR count). The molecule has 0 atom stereocenters. The van der Waals surface area contributed by atoms with Crippen LogP contribution in [0.3, 0.4) is 0 Å². The third-order valence-electron chi connectivity index (χ3n) is 4.57. The summed E-state index contributed by atoms with van der Waals surface area (Å²) in [5.41, 5.74) is 4.56. The average molecular weight is 373 g/mol. The Morgan fingerprint density at radius 3 is 2.36 bits per heavy atom. The minimum Gasteiger partial charge on any atom is -0.491 e. The van der Waals surface area contributed by atoms with Crippen molar-refractivity contribution in [2.75, 3.05) is 6.79 Å². The summed E-state index contributed by atoms with van der Waals surface area (Å²) in [5, 5.41) is 0. The molecule has 0 saturated carbocycles. The standard InChI is InChI=1S/C23H19NO4/c1-14(2)27-18-7-3-15(4-8-18)23-24-19-9-5-16(11-21(19)28-23)17-6-10-20-22(12-17)26-13-25-20/h3-12,14H,13H2,1-2H3. The molecule has 0 amide bonds. The summed E-state index contributed by atoms with van der Waals surface area (Å²) in [6.45, 7) is 4.28. The minimum absolute atomic E-state index is 0.143. The topological polar surface area (TPSA) is 53.7 Å². The van der Waals surface area contributed by atoms with Crippen molar-refractivity contribution in [3.8, 4) is 39.8 Å². The third-order valence-corrected chi connectivity index (χ3v) is 4.57. The van der Waals surface area contributed by atoms with Crippen LogP contribution in [0.2, 0.25) is 0 Å². The summed E-state index contributed by atoms with van der Waals surface area (Å²) < 4.78 is 22.6. The Morgan fingerprint density at radius 2 is 1.54 bits per heavy atom. The molecule has 1 aromatic heterocycles. The highest BCUT2D eigenvalue weighted by Gasteiger charge is 2.15. The third kappa shape index (κ3) is 3.05. The Hall–Kier alpha value is -3.47. The fraction of sp³-hybridized carbons (Fsp3) is 0.174. The fourth-order valence-electron chi connectivity index (χ4n) is 3.25.